The lowest BCUT2D eigenvalue weighted by atomic mass is 10.1. The third kappa shape index (κ3) is 4.17. The second kappa shape index (κ2) is 7.05. The number of carbonyl (C=O) groups is 1. The van der Waals surface area contributed by atoms with Crippen LogP contribution in [0.5, 0.6) is 0 Å². The normalized spacial score (nSPS) is 11.3. The van der Waals surface area contributed by atoms with Crippen LogP contribution in [0.15, 0.2) is 36.0 Å². The zero-order chi connectivity index (χ0) is 15.2. The molecule has 0 spiro atoms. The molecule has 0 atom stereocenters. The molecule has 0 radical (unpaired) electrons. The molecule has 110 valence electrons. The van der Waals surface area contributed by atoms with Gasteiger partial charge in [-0.15, -0.1) is 0 Å². The average Bonchev–Trinajstić information content (AvgIpc) is 2.99. The van der Waals surface area contributed by atoms with E-state index in [0.29, 0.717) is 21.3 Å². The molecule has 9 heteroatoms. The molecule has 21 heavy (non-hydrogen) atoms. The smallest absolute Gasteiger partial charge is 0.323 e. The van der Waals surface area contributed by atoms with Crippen molar-refractivity contribution in [2.24, 2.45) is 5.16 Å². The van der Waals surface area contributed by atoms with E-state index in [1.54, 1.807) is 18.2 Å². The Balaban J connectivity index is 2.29. The van der Waals surface area contributed by atoms with E-state index in [-0.39, 0.29) is 6.54 Å². The van der Waals surface area contributed by atoms with Crippen LogP contribution in [-0.4, -0.2) is 33.6 Å². The number of oxime groups is 1. The second-order valence-corrected chi connectivity index (χ2v) is 4.70. The number of nitrogens with one attached hydrogen (secondary N) is 1. The van der Waals surface area contributed by atoms with Gasteiger partial charge in [-0.3, -0.25) is 4.84 Å². The molecule has 0 saturated heterocycles. The molecule has 0 aliphatic carbocycles. The summed E-state index contributed by atoms with van der Waals surface area (Å²) in [7, 11) is 1.44. The number of hydrogen-bond acceptors (Lipinski definition) is 5. The molecule has 2 aromatic rings. The molecule has 2 rings (SSSR count). The highest BCUT2D eigenvalue weighted by atomic mass is 35.5. The second-order valence-electron chi connectivity index (χ2n) is 3.89. The lowest BCUT2D eigenvalue weighted by Crippen LogP contribution is -2.19. The minimum Gasteiger partial charge on any atom is -0.323 e. The Hall–Kier alpha value is -2.12. The quantitative estimate of drug-likeness (QED) is 0.531. The summed E-state index contributed by atoms with van der Waals surface area (Å²) < 4.78 is 1.54. The largest absolute Gasteiger partial charge is 0.433 e. The Morgan fingerprint density at radius 3 is 2.86 bits per heavy atom. The number of aromatic nitrogens is 3. The summed E-state index contributed by atoms with van der Waals surface area (Å²) in [5.74, 6) is 0. The maximum atomic E-state index is 11.1. The van der Waals surface area contributed by atoms with E-state index in [2.05, 4.69) is 20.6 Å². The molecule has 0 unspecified atom stereocenters. The first-order chi connectivity index (χ1) is 10.1. The van der Waals surface area contributed by atoms with Crippen LogP contribution < -0.4 is 5.32 Å². The maximum Gasteiger partial charge on any atom is 0.433 e. The van der Waals surface area contributed by atoms with Crippen LogP contribution in [0, 0.1) is 0 Å². The van der Waals surface area contributed by atoms with Crippen LogP contribution in [-0.2, 0) is 11.4 Å². The van der Waals surface area contributed by atoms with Crippen molar-refractivity contribution in [3.63, 3.8) is 0 Å². The summed E-state index contributed by atoms with van der Waals surface area (Å²) in [4.78, 5) is 19.7. The van der Waals surface area contributed by atoms with Gasteiger partial charge in [0.25, 0.3) is 0 Å². The topological polar surface area (TPSA) is 81.4 Å². The first kappa shape index (κ1) is 15.3. The van der Waals surface area contributed by atoms with Crippen molar-refractivity contribution >= 4 is 35.0 Å². The summed E-state index contributed by atoms with van der Waals surface area (Å²) >= 11 is 11.9. The molecule has 1 amide bonds. The molecule has 1 aromatic heterocycles. The molecule has 0 bridgehead atoms. The molecular weight excluding hydrogens is 317 g/mol. The van der Waals surface area contributed by atoms with Crippen molar-refractivity contribution in [2.75, 3.05) is 7.05 Å². The molecule has 1 N–H and O–H groups in total. The van der Waals surface area contributed by atoms with Crippen molar-refractivity contribution in [2.45, 2.75) is 6.54 Å². The predicted molar refractivity (Wildman–Crippen MR) is 78.6 cm³/mol. The van der Waals surface area contributed by atoms with E-state index in [1.165, 1.54) is 24.4 Å². The van der Waals surface area contributed by atoms with Gasteiger partial charge in [0.2, 0.25) is 0 Å². The van der Waals surface area contributed by atoms with Gasteiger partial charge >= 0.3 is 6.09 Å². The minimum atomic E-state index is -0.675. The van der Waals surface area contributed by atoms with Gasteiger partial charge in [0.15, 0.2) is 0 Å². The van der Waals surface area contributed by atoms with Gasteiger partial charge in [-0.1, -0.05) is 34.4 Å². The highest BCUT2D eigenvalue weighted by molar-refractivity contribution is 6.42. The first-order valence-electron chi connectivity index (χ1n) is 5.83. The fourth-order valence-electron chi connectivity index (χ4n) is 1.46. The number of halogens is 2. The zero-order valence-electron chi connectivity index (χ0n) is 11.0. The van der Waals surface area contributed by atoms with Crippen molar-refractivity contribution in [3.8, 4) is 0 Å². The molecule has 1 heterocycles. The Labute approximate surface area is 130 Å². The van der Waals surface area contributed by atoms with Crippen molar-refractivity contribution < 1.29 is 9.63 Å². The van der Waals surface area contributed by atoms with Crippen molar-refractivity contribution in [1.82, 2.24) is 20.1 Å². The molecule has 0 aliphatic rings. The third-order valence-corrected chi connectivity index (χ3v) is 3.21. The van der Waals surface area contributed by atoms with E-state index in [9.17, 15) is 4.79 Å². The van der Waals surface area contributed by atoms with Gasteiger partial charge in [-0.2, -0.15) is 5.10 Å². The van der Waals surface area contributed by atoms with Crippen molar-refractivity contribution in [3.05, 3.63) is 46.5 Å². The predicted octanol–water partition coefficient (Wildman–Crippen LogP) is 2.35. The number of benzene rings is 1. The molecule has 0 fully saturated rings. The Kier molecular flexibility index (Phi) is 5.13. The minimum absolute atomic E-state index is 0.259. The van der Waals surface area contributed by atoms with Crippen LogP contribution in [0.3, 0.4) is 0 Å². The third-order valence-electron chi connectivity index (χ3n) is 2.47. The van der Waals surface area contributed by atoms with Crippen LogP contribution in [0.25, 0.3) is 0 Å². The van der Waals surface area contributed by atoms with Gasteiger partial charge < -0.3 is 5.32 Å². The van der Waals surface area contributed by atoms with Crippen molar-refractivity contribution in [1.29, 1.82) is 0 Å². The highest BCUT2D eigenvalue weighted by Gasteiger charge is 2.10. The lowest BCUT2D eigenvalue weighted by Gasteiger charge is -2.07. The summed E-state index contributed by atoms with van der Waals surface area (Å²) in [6.45, 7) is 0.259. The van der Waals surface area contributed by atoms with E-state index in [1.807, 2.05) is 0 Å². The highest BCUT2D eigenvalue weighted by Crippen LogP contribution is 2.23. The molecule has 7 nitrogen and oxygen atoms in total. The van der Waals surface area contributed by atoms with Crippen LogP contribution in [0.2, 0.25) is 10.0 Å². The van der Waals surface area contributed by atoms with E-state index >= 15 is 0 Å². The standard InChI is InChI=1S/C12H11Cl2N5O2/c1-15-12(20)21-18-11(5-19-7-16-6-17-19)8-2-3-9(13)10(14)4-8/h2-4,6-7H,5H2,1H3,(H,15,20)/b18-11+. The number of hydrogen-bond donors (Lipinski definition) is 1. The maximum absolute atomic E-state index is 11.1. The number of nitrogens with zero attached hydrogens (tertiary/aromatic N) is 4. The SMILES string of the molecule is CNC(=O)O/N=C(\Cn1cncn1)c1ccc(Cl)c(Cl)c1. The Morgan fingerprint density at radius 2 is 2.24 bits per heavy atom. The summed E-state index contributed by atoms with van der Waals surface area (Å²) in [5.41, 5.74) is 1.10. The number of carbonyl (C=O) groups excluding carboxylic acids is 1. The van der Waals surface area contributed by atoms with Gasteiger partial charge in [0.05, 0.1) is 16.6 Å². The molecule has 1 aromatic carbocycles. The molecule has 0 aliphatic heterocycles. The molecule has 0 saturated carbocycles. The zero-order valence-corrected chi connectivity index (χ0v) is 12.5. The summed E-state index contributed by atoms with van der Waals surface area (Å²) in [6, 6.07) is 4.99. The van der Waals surface area contributed by atoms with Gasteiger partial charge in [0.1, 0.15) is 18.4 Å². The van der Waals surface area contributed by atoms with Gasteiger partial charge in [0, 0.05) is 12.6 Å². The molecular formula is C12H11Cl2N5O2. The van der Waals surface area contributed by atoms with Crippen LogP contribution >= 0.6 is 23.2 Å². The number of rotatable bonds is 4. The van der Waals surface area contributed by atoms with E-state index in [4.69, 9.17) is 28.0 Å². The van der Waals surface area contributed by atoms with Crippen LogP contribution in [0.1, 0.15) is 5.56 Å². The monoisotopic (exact) mass is 327 g/mol. The first-order valence-corrected chi connectivity index (χ1v) is 6.59. The van der Waals surface area contributed by atoms with Gasteiger partial charge in [-0.05, 0) is 12.1 Å². The van der Waals surface area contributed by atoms with Crippen LogP contribution in [0.4, 0.5) is 4.79 Å². The summed E-state index contributed by atoms with van der Waals surface area (Å²) in [6.07, 6.45) is 2.24. The van der Waals surface area contributed by atoms with E-state index < -0.39 is 6.09 Å². The fraction of sp³-hybridized carbons (Fsp3) is 0.167. The Morgan fingerprint density at radius 1 is 1.43 bits per heavy atom. The van der Waals surface area contributed by atoms with Gasteiger partial charge in [-0.25, -0.2) is 14.5 Å². The fourth-order valence-corrected chi connectivity index (χ4v) is 1.76. The lowest BCUT2D eigenvalue weighted by molar-refractivity contribution is 0.153. The number of amides is 1. The summed E-state index contributed by atoms with van der Waals surface area (Å²) in [5, 5.41) is 10.9. The van der Waals surface area contributed by atoms with E-state index in [0.717, 1.165) is 0 Å². The average molecular weight is 328 g/mol. The Bertz CT molecular complexity index is 658.